The molecule has 0 saturated heterocycles. The Kier molecular flexibility index (Phi) is 7.70. The number of hydrogen-bond acceptors (Lipinski definition) is 6. The Morgan fingerprint density at radius 1 is 1.00 bits per heavy atom. The smallest absolute Gasteiger partial charge is 0.191 e. The van der Waals surface area contributed by atoms with Crippen LogP contribution in [0.1, 0.15) is 22.0 Å². The van der Waals surface area contributed by atoms with Crippen LogP contribution in [-0.4, -0.2) is 43.3 Å². The second-order valence-corrected chi connectivity index (χ2v) is 8.56. The van der Waals surface area contributed by atoms with Gasteiger partial charge in [0, 0.05) is 62.2 Å². The summed E-state index contributed by atoms with van der Waals surface area (Å²) in [5.74, 6) is 1.28. The highest BCUT2D eigenvalue weighted by molar-refractivity contribution is 6.31. The number of methoxy groups -OCH3 is 2. The maximum atomic E-state index is 14.0. The van der Waals surface area contributed by atoms with Gasteiger partial charge in [0.2, 0.25) is 0 Å². The van der Waals surface area contributed by atoms with Gasteiger partial charge in [-0.15, -0.1) is 0 Å². The molecule has 7 nitrogen and oxygen atoms in total. The van der Waals surface area contributed by atoms with E-state index in [1.807, 2.05) is 6.07 Å². The first-order chi connectivity index (χ1) is 16.9. The standard InChI is InChI=1S/C26H24Cl2N2O5/c1-33-18-11-17(12-19(13-18)35-8-7-31)30-25(21-6-4-16(28)10-24(21)34-2)26(32)22-14-29-23-9-15(27)3-5-20(22)23/h3-6,9-14,25,29-31H,7-8H2,1-2H3. The van der Waals surface area contributed by atoms with Gasteiger partial charge in [0.05, 0.1) is 20.8 Å². The van der Waals surface area contributed by atoms with Crippen LogP contribution in [0.4, 0.5) is 5.69 Å². The molecule has 4 rings (SSSR count). The molecule has 0 fully saturated rings. The topological polar surface area (TPSA) is 92.8 Å². The summed E-state index contributed by atoms with van der Waals surface area (Å²) in [5.41, 5.74) is 2.43. The number of nitrogens with one attached hydrogen (secondary N) is 2. The van der Waals surface area contributed by atoms with Crippen LogP contribution in [0, 0.1) is 0 Å². The highest BCUT2D eigenvalue weighted by Gasteiger charge is 2.28. The van der Waals surface area contributed by atoms with E-state index in [1.165, 1.54) is 14.2 Å². The normalized spacial score (nSPS) is 11.8. The number of anilines is 1. The first-order valence-corrected chi connectivity index (χ1v) is 11.5. The average Bonchev–Trinajstić information content (AvgIpc) is 3.28. The summed E-state index contributed by atoms with van der Waals surface area (Å²) in [7, 11) is 3.06. The average molecular weight is 515 g/mol. The Morgan fingerprint density at radius 3 is 2.49 bits per heavy atom. The van der Waals surface area contributed by atoms with Crippen LogP contribution in [-0.2, 0) is 0 Å². The van der Waals surface area contributed by atoms with E-state index in [4.69, 9.17) is 42.5 Å². The molecule has 1 heterocycles. The zero-order valence-electron chi connectivity index (χ0n) is 19.1. The van der Waals surface area contributed by atoms with Crippen molar-refractivity contribution in [2.75, 3.05) is 32.8 Å². The lowest BCUT2D eigenvalue weighted by molar-refractivity contribution is 0.0970. The van der Waals surface area contributed by atoms with Crippen molar-refractivity contribution in [1.29, 1.82) is 0 Å². The number of benzene rings is 3. The highest BCUT2D eigenvalue weighted by Crippen LogP contribution is 2.36. The second kappa shape index (κ2) is 10.9. The van der Waals surface area contributed by atoms with Crippen molar-refractivity contribution in [1.82, 2.24) is 4.98 Å². The summed E-state index contributed by atoms with van der Waals surface area (Å²) in [5, 5.41) is 14.2. The van der Waals surface area contributed by atoms with Gasteiger partial charge >= 0.3 is 0 Å². The predicted octanol–water partition coefficient (Wildman–Crippen LogP) is 5.90. The number of carbonyl (C=O) groups is 1. The first kappa shape index (κ1) is 24.7. The third kappa shape index (κ3) is 5.48. The monoisotopic (exact) mass is 514 g/mol. The van der Waals surface area contributed by atoms with Gasteiger partial charge < -0.3 is 29.6 Å². The number of carbonyl (C=O) groups excluding carboxylic acids is 1. The van der Waals surface area contributed by atoms with Crippen molar-refractivity contribution < 1.29 is 24.1 Å². The molecular weight excluding hydrogens is 491 g/mol. The lowest BCUT2D eigenvalue weighted by atomic mass is 9.95. The molecule has 1 atom stereocenters. The molecule has 1 unspecified atom stereocenters. The van der Waals surface area contributed by atoms with Gasteiger partial charge in [-0.3, -0.25) is 4.79 Å². The number of hydrogen-bond donors (Lipinski definition) is 3. The number of rotatable bonds is 10. The van der Waals surface area contributed by atoms with E-state index >= 15 is 0 Å². The van der Waals surface area contributed by atoms with E-state index < -0.39 is 6.04 Å². The molecule has 0 saturated carbocycles. The fourth-order valence-corrected chi connectivity index (χ4v) is 4.19. The van der Waals surface area contributed by atoms with Crippen molar-refractivity contribution in [3.05, 3.63) is 82.0 Å². The largest absolute Gasteiger partial charge is 0.497 e. The van der Waals surface area contributed by atoms with Crippen molar-refractivity contribution in [3.8, 4) is 17.2 Å². The SMILES string of the molecule is COc1cc(NC(C(=O)c2c[nH]c3cc(Cl)ccc23)c2ccc(Cl)cc2OC)cc(OCCO)c1. The number of fused-ring (bicyclic) bond motifs is 1. The minimum atomic E-state index is -0.838. The predicted molar refractivity (Wildman–Crippen MR) is 138 cm³/mol. The molecule has 0 bridgehead atoms. The molecule has 3 N–H and O–H groups in total. The van der Waals surface area contributed by atoms with Crippen LogP contribution in [0.2, 0.25) is 10.0 Å². The van der Waals surface area contributed by atoms with Gasteiger partial charge in [-0.2, -0.15) is 0 Å². The van der Waals surface area contributed by atoms with Gasteiger partial charge in [-0.25, -0.2) is 0 Å². The quantitative estimate of drug-likeness (QED) is 0.228. The van der Waals surface area contributed by atoms with Gasteiger partial charge in [-0.05, 0) is 24.3 Å². The number of ether oxygens (including phenoxy) is 3. The van der Waals surface area contributed by atoms with E-state index in [1.54, 1.807) is 54.7 Å². The number of aromatic amines is 1. The number of aliphatic hydroxyl groups is 1. The lowest BCUT2D eigenvalue weighted by Gasteiger charge is -2.22. The Morgan fingerprint density at radius 2 is 1.74 bits per heavy atom. The zero-order chi connectivity index (χ0) is 24.9. The number of H-pyrrole nitrogens is 1. The van der Waals surface area contributed by atoms with Crippen LogP contribution in [0.5, 0.6) is 17.2 Å². The Hall–Kier alpha value is -3.39. The molecule has 0 amide bonds. The number of aliphatic hydroxyl groups excluding tert-OH is 1. The van der Waals surface area contributed by atoms with Crippen LogP contribution in [0.3, 0.4) is 0 Å². The van der Waals surface area contributed by atoms with E-state index in [0.717, 1.165) is 10.9 Å². The first-order valence-electron chi connectivity index (χ1n) is 10.8. The van der Waals surface area contributed by atoms with E-state index in [9.17, 15) is 4.79 Å². The van der Waals surface area contributed by atoms with Crippen molar-refractivity contribution in [3.63, 3.8) is 0 Å². The molecule has 0 radical (unpaired) electrons. The summed E-state index contributed by atoms with van der Waals surface area (Å²) >= 11 is 12.3. The minimum absolute atomic E-state index is 0.123. The summed E-state index contributed by atoms with van der Waals surface area (Å²) in [6.07, 6.45) is 1.67. The summed E-state index contributed by atoms with van der Waals surface area (Å²) < 4.78 is 16.5. The highest BCUT2D eigenvalue weighted by atomic mass is 35.5. The third-order valence-electron chi connectivity index (χ3n) is 5.46. The van der Waals surface area contributed by atoms with Crippen molar-refractivity contribution in [2.45, 2.75) is 6.04 Å². The molecule has 0 aliphatic rings. The molecule has 1 aromatic heterocycles. The van der Waals surface area contributed by atoms with Gasteiger partial charge in [0.25, 0.3) is 0 Å². The fraction of sp³-hybridized carbons (Fsp3) is 0.192. The number of Topliss-reactive ketones (excluding diaryl/α,β-unsaturated/α-hetero) is 1. The molecule has 182 valence electrons. The molecule has 4 aromatic rings. The third-order valence-corrected chi connectivity index (χ3v) is 5.93. The molecule has 0 spiro atoms. The zero-order valence-corrected chi connectivity index (χ0v) is 20.6. The molecule has 0 aliphatic heterocycles. The maximum absolute atomic E-state index is 14.0. The summed E-state index contributed by atoms with van der Waals surface area (Å²) in [4.78, 5) is 17.1. The second-order valence-electron chi connectivity index (χ2n) is 7.69. The molecule has 35 heavy (non-hydrogen) atoms. The fourth-order valence-electron chi connectivity index (χ4n) is 3.85. The maximum Gasteiger partial charge on any atom is 0.191 e. The minimum Gasteiger partial charge on any atom is -0.497 e. The van der Waals surface area contributed by atoms with Crippen LogP contribution in [0.25, 0.3) is 10.9 Å². The number of halogens is 2. The molecular formula is C26H24Cl2N2O5. The lowest BCUT2D eigenvalue weighted by Crippen LogP contribution is -2.22. The number of aromatic nitrogens is 1. The van der Waals surface area contributed by atoms with Crippen LogP contribution in [0.15, 0.2) is 60.8 Å². The van der Waals surface area contributed by atoms with E-state index in [-0.39, 0.29) is 19.0 Å². The van der Waals surface area contributed by atoms with E-state index in [0.29, 0.717) is 44.1 Å². The van der Waals surface area contributed by atoms with E-state index in [2.05, 4.69) is 10.3 Å². The van der Waals surface area contributed by atoms with Crippen LogP contribution < -0.4 is 19.5 Å². The molecule has 0 aliphatic carbocycles. The summed E-state index contributed by atoms with van der Waals surface area (Å²) in [6, 6.07) is 14.8. The van der Waals surface area contributed by atoms with Crippen molar-refractivity contribution in [2.24, 2.45) is 0 Å². The number of ketones is 1. The molecule has 9 heteroatoms. The van der Waals surface area contributed by atoms with Crippen LogP contribution >= 0.6 is 23.2 Å². The van der Waals surface area contributed by atoms with Gasteiger partial charge in [-0.1, -0.05) is 35.3 Å². The summed E-state index contributed by atoms with van der Waals surface area (Å²) in [6.45, 7) is -0.00842. The Labute approximate surface area is 212 Å². The van der Waals surface area contributed by atoms with Gasteiger partial charge in [0.15, 0.2) is 5.78 Å². The Bertz CT molecular complexity index is 1360. The van der Waals surface area contributed by atoms with Gasteiger partial charge in [0.1, 0.15) is 29.9 Å². The molecule has 3 aromatic carbocycles. The van der Waals surface area contributed by atoms with Crippen molar-refractivity contribution >= 4 is 45.6 Å². The Balaban J connectivity index is 1.80.